The number of rotatable bonds is 1. The molecule has 0 bridgehead atoms. The van der Waals surface area contributed by atoms with Crippen molar-refractivity contribution in [3.8, 4) is 0 Å². The van der Waals surface area contributed by atoms with E-state index in [1.807, 2.05) is 20.8 Å². The molecule has 4 nitrogen and oxygen atoms in total. The number of carbonyl (C=O) groups excluding carboxylic acids is 1. The summed E-state index contributed by atoms with van der Waals surface area (Å²) < 4.78 is 5.20. The van der Waals surface area contributed by atoms with E-state index in [1.54, 1.807) is 0 Å². The molecule has 1 amide bonds. The van der Waals surface area contributed by atoms with Crippen molar-refractivity contribution in [1.82, 2.24) is 5.32 Å². The van der Waals surface area contributed by atoms with Gasteiger partial charge in [-0.3, -0.25) is 0 Å². The highest BCUT2D eigenvalue weighted by Crippen LogP contribution is 2.51. The van der Waals surface area contributed by atoms with Crippen LogP contribution in [0.4, 0.5) is 4.79 Å². The van der Waals surface area contributed by atoms with Crippen molar-refractivity contribution in [3.63, 3.8) is 0 Å². The molecule has 0 heterocycles. The fourth-order valence-electron chi connectivity index (χ4n) is 2.54. The van der Waals surface area contributed by atoms with Gasteiger partial charge in [0.2, 0.25) is 0 Å². The molecule has 0 aromatic carbocycles. The summed E-state index contributed by atoms with van der Waals surface area (Å²) in [5.41, 5.74) is 5.39. The third kappa shape index (κ3) is 2.43. The smallest absolute Gasteiger partial charge is 0.407 e. The van der Waals surface area contributed by atoms with E-state index >= 15 is 0 Å². The zero-order chi connectivity index (χ0) is 11.2. The van der Waals surface area contributed by atoms with Crippen molar-refractivity contribution >= 4 is 6.09 Å². The number of carbonyl (C=O) groups is 1. The van der Waals surface area contributed by atoms with Crippen LogP contribution in [0.15, 0.2) is 0 Å². The quantitative estimate of drug-likeness (QED) is 0.687. The highest BCUT2D eigenvalue weighted by atomic mass is 16.6. The van der Waals surface area contributed by atoms with Crippen LogP contribution in [0, 0.1) is 11.8 Å². The Labute approximate surface area is 90.5 Å². The minimum Gasteiger partial charge on any atom is -0.444 e. The van der Waals surface area contributed by atoms with E-state index in [1.165, 1.54) is 0 Å². The van der Waals surface area contributed by atoms with Gasteiger partial charge in [-0.05, 0) is 45.4 Å². The molecule has 0 saturated heterocycles. The first kappa shape index (κ1) is 10.7. The summed E-state index contributed by atoms with van der Waals surface area (Å²) in [6, 6.07) is 0.663. The molecule has 0 unspecified atom stereocenters. The van der Waals surface area contributed by atoms with Crippen molar-refractivity contribution in [2.75, 3.05) is 0 Å². The Hall–Kier alpha value is -0.770. The van der Waals surface area contributed by atoms with E-state index in [4.69, 9.17) is 10.5 Å². The van der Waals surface area contributed by atoms with Crippen molar-refractivity contribution in [3.05, 3.63) is 0 Å². The Kier molecular flexibility index (Phi) is 2.41. The number of hydrogen-bond donors (Lipinski definition) is 2. The molecule has 2 fully saturated rings. The predicted octanol–water partition coefficient (Wildman–Crippen LogP) is 1.25. The molecule has 2 rings (SSSR count). The molecule has 0 radical (unpaired) electrons. The van der Waals surface area contributed by atoms with E-state index in [-0.39, 0.29) is 6.09 Å². The highest BCUT2D eigenvalue weighted by Gasteiger charge is 2.56. The second-order valence-electron chi connectivity index (χ2n) is 5.73. The molecule has 0 aromatic heterocycles. The third-order valence-electron chi connectivity index (χ3n) is 3.16. The van der Waals surface area contributed by atoms with Crippen LogP contribution in [-0.4, -0.2) is 23.8 Å². The second-order valence-corrected chi connectivity index (χ2v) is 5.73. The molecule has 2 saturated carbocycles. The van der Waals surface area contributed by atoms with Crippen LogP contribution in [0.5, 0.6) is 0 Å². The predicted molar refractivity (Wildman–Crippen MR) is 57.3 cm³/mol. The van der Waals surface area contributed by atoms with Crippen LogP contribution in [0.2, 0.25) is 0 Å². The Balaban J connectivity index is 1.74. The third-order valence-corrected chi connectivity index (χ3v) is 3.16. The zero-order valence-corrected chi connectivity index (χ0v) is 9.62. The summed E-state index contributed by atoms with van der Waals surface area (Å²) in [6.45, 7) is 5.61. The van der Waals surface area contributed by atoms with E-state index < -0.39 is 5.60 Å². The van der Waals surface area contributed by atoms with Gasteiger partial charge < -0.3 is 15.8 Å². The van der Waals surface area contributed by atoms with Gasteiger partial charge in [0.05, 0.1) is 0 Å². The molecular weight excluding hydrogens is 192 g/mol. The molecule has 4 heteroatoms. The lowest BCUT2D eigenvalue weighted by molar-refractivity contribution is 0.0516. The average molecular weight is 212 g/mol. The molecule has 2 aliphatic rings. The Morgan fingerprint density at radius 1 is 1.33 bits per heavy atom. The van der Waals surface area contributed by atoms with Crippen LogP contribution in [0.3, 0.4) is 0 Å². The van der Waals surface area contributed by atoms with Gasteiger partial charge in [0.15, 0.2) is 0 Å². The van der Waals surface area contributed by atoms with Gasteiger partial charge >= 0.3 is 6.09 Å². The Bertz CT molecular complexity index is 260. The maximum Gasteiger partial charge on any atom is 0.407 e. The number of fused-ring (bicyclic) bond motifs is 1. The van der Waals surface area contributed by atoms with Crippen LogP contribution in [-0.2, 0) is 4.74 Å². The van der Waals surface area contributed by atoms with Crippen LogP contribution in [0.25, 0.3) is 0 Å². The van der Waals surface area contributed by atoms with Gasteiger partial charge in [-0.2, -0.15) is 0 Å². The lowest BCUT2D eigenvalue weighted by Gasteiger charge is -2.20. The molecule has 3 N–H and O–H groups in total. The molecule has 0 spiro atoms. The van der Waals surface area contributed by atoms with Gasteiger partial charge in [0.1, 0.15) is 5.60 Å². The van der Waals surface area contributed by atoms with Gasteiger partial charge in [-0.25, -0.2) is 4.79 Å². The van der Waals surface area contributed by atoms with E-state index in [2.05, 4.69) is 5.32 Å². The summed E-state index contributed by atoms with van der Waals surface area (Å²) in [5, 5.41) is 2.92. The summed E-state index contributed by atoms with van der Waals surface area (Å²) in [6.07, 6.45) is 1.80. The number of hydrogen-bond acceptors (Lipinski definition) is 3. The number of alkyl carbamates (subject to hydrolysis) is 1. The lowest BCUT2D eigenvalue weighted by Crippen LogP contribution is -2.36. The van der Waals surface area contributed by atoms with E-state index in [0.29, 0.717) is 23.9 Å². The molecule has 0 aliphatic heterocycles. The van der Waals surface area contributed by atoms with Gasteiger partial charge in [0, 0.05) is 12.1 Å². The fraction of sp³-hybridized carbons (Fsp3) is 0.909. The summed E-state index contributed by atoms with van der Waals surface area (Å²) in [4.78, 5) is 11.5. The summed E-state index contributed by atoms with van der Waals surface area (Å²) in [7, 11) is 0. The van der Waals surface area contributed by atoms with Crippen molar-refractivity contribution < 1.29 is 9.53 Å². The van der Waals surface area contributed by atoms with Gasteiger partial charge in [-0.15, -0.1) is 0 Å². The monoisotopic (exact) mass is 212 g/mol. The Morgan fingerprint density at radius 2 is 1.87 bits per heavy atom. The molecule has 86 valence electrons. The molecular formula is C11H20N2O2. The lowest BCUT2D eigenvalue weighted by atomic mass is 10.1. The molecule has 2 atom stereocenters. The van der Waals surface area contributed by atoms with Crippen LogP contribution >= 0.6 is 0 Å². The first-order chi connectivity index (χ1) is 6.87. The van der Waals surface area contributed by atoms with Crippen molar-refractivity contribution in [2.45, 2.75) is 51.3 Å². The van der Waals surface area contributed by atoms with E-state index in [9.17, 15) is 4.79 Å². The minimum atomic E-state index is -0.412. The van der Waals surface area contributed by atoms with Gasteiger partial charge in [0.25, 0.3) is 0 Å². The van der Waals surface area contributed by atoms with Crippen LogP contribution in [0.1, 0.15) is 33.6 Å². The number of nitrogens with one attached hydrogen (secondary N) is 1. The maximum atomic E-state index is 11.5. The topological polar surface area (TPSA) is 64.3 Å². The minimum absolute atomic E-state index is 0.296. The number of amides is 1. The Morgan fingerprint density at radius 3 is 2.33 bits per heavy atom. The summed E-state index contributed by atoms with van der Waals surface area (Å²) >= 11 is 0. The molecule has 0 aromatic rings. The second kappa shape index (κ2) is 3.37. The highest BCUT2D eigenvalue weighted by molar-refractivity contribution is 5.68. The zero-order valence-electron chi connectivity index (χ0n) is 9.62. The van der Waals surface area contributed by atoms with Gasteiger partial charge in [-0.1, -0.05) is 0 Å². The first-order valence-corrected chi connectivity index (χ1v) is 5.62. The average Bonchev–Trinajstić information content (AvgIpc) is 2.54. The first-order valence-electron chi connectivity index (χ1n) is 5.62. The SMILES string of the molecule is CC(C)(C)OC(=O)NC1[C@H]2CC(N)C[C@H]12. The normalized spacial score (nSPS) is 34.8. The number of ether oxygens (including phenoxy) is 1. The van der Waals surface area contributed by atoms with E-state index in [0.717, 1.165) is 12.8 Å². The molecule has 2 aliphatic carbocycles. The fourth-order valence-corrected chi connectivity index (χ4v) is 2.54. The summed E-state index contributed by atoms with van der Waals surface area (Å²) in [5.74, 6) is 1.21. The van der Waals surface area contributed by atoms with Crippen LogP contribution < -0.4 is 11.1 Å². The van der Waals surface area contributed by atoms with Crippen molar-refractivity contribution in [1.29, 1.82) is 0 Å². The standard InChI is InChI=1S/C11H20N2O2/c1-11(2,3)15-10(14)13-9-7-4-6(12)5-8(7)9/h6-9H,4-5,12H2,1-3H3,(H,13,14)/t6?,7-,8-,9?/m0/s1. The maximum absolute atomic E-state index is 11.5. The van der Waals surface area contributed by atoms with Crippen molar-refractivity contribution in [2.24, 2.45) is 17.6 Å². The molecule has 15 heavy (non-hydrogen) atoms. The largest absolute Gasteiger partial charge is 0.444 e. The number of nitrogens with two attached hydrogens (primary N) is 1.